The Morgan fingerprint density at radius 3 is 2.20 bits per heavy atom. The van der Waals surface area contributed by atoms with Crippen molar-refractivity contribution in [1.29, 1.82) is 0 Å². The Morgan fingerprint density at radius 1 is 0.950 bits per heavy atom. The SMILES string of the molecule is C=C(CCC12CCC(C1)C(C)C2)C12CCC(C1)C(C)C2. The van der Waals surface area contributed by atoms with Gasteiger partial charge >= 0.3 is 0 Å². The molecule has 4 rings (SSSR count). The third-order valence-corrected chi connectivity index (χ3v) is 8.17. The van der Waals surface area contributed by atoms with Crippen LogP contribution in [0.1, 0.15) is 78.1 Å². The van der Waals surface area contributed by atoms with Crippen LogP contribution >= 0.6 is 0 Å². The molecule has 0 aromatic carbocycles. The lowest BCUT2D eigenvalue weighted by Crippen LogP contribution is -2.22. The highest BCUT2D eigenvalue weighted by molar-refractivity contribution is 5.19. The lowest BCUT2D eigenvalue weighted by atomic mass is 9.71. The summed E-state index contributed by atoms with van der Waals surface area (Å²) in [5, 5.41) is 0. The molecule has 0 radical (unpaired) electrons. The molecule has 6 atom stereocenters. The molecule has 0 aliphatic heterocycles. The van der Waals surface area contributed by atoms with Crippen LogP contribution in [0.5, 0.6) is 0 Å². The summed E-state index contributed by atoms with van der Waals surface area (Å²) < 4.78 is 0. The first-order valence-corrected chi connectivity index (χ1v) is 9.20. The molecule has 6 unspecified atom stereocenters. The van der Waals surface area contributed by atoms with Crippen LogP contribution in [0.4, 0.5) is 0 Å². The third-order valence-electron chi connectivity index (χ3n) is 8.17. The molecule has 0 aromatic heterocycles. The molecular formula is C20H32. The lowest BCUT2D eigenvalue weighted by molar-refractivity contribution is 0.227. The average Bonchev–Trinajstić information content (AvgIpc) is 3.14. The van der Waals surface area contributed by atoms with Gasteiger partial charge in [0.05, 0.1) is 0 Å². The highest BCUT2D eigenvalue weighted by Gasteiger charge is 2.51. The second-order valence-electron chi connectivity index (χ2n) is 9.25. The molecule has 4 aliphatic rings. The fourth-order valence-electron chi connectivity index (χ4n) is 6.87. The molecule has 0 spiro atoms. The van der Waals surface area contributed by atoms with Gasteiger partial charge in [-0.3, -0.25) is 0 Å². The van der Waals surface area contributed by atoms with Gasteiger partial charge in [-0.05, 0) is 98.7 Å². The zero-order valence-electron chi connectivity index (χ0n) is 13.6. The van der Waals surface area contributed by atoms with Crippen molar-refractivity contribution >= 4 is 0 Å². The number of rotatable bonds is 4. The highest BCUT2D eigenvalue weighted by atomic mass is 14.6. The van der Waals surface area contributed by atoms with Crippen LogP contribution in [-0.2, 0) is 0 Å². The van der Waals surface area contributed by atoms with Gasteiger partial charge in [-0.25, -0.2) is 0 Å². The first kappa shape index (κ1) is 13.4. The Hall–Kier alpha value is -0.260. The average molecular weight is 272 g/mol. The van der Waals surface area contributed by atoms with Crippen molar-refractivity contribution < 1.29 is 0 Å². The zero-order valence-corrected chi connectivity index (χ0v) is 13.6. The van der Waals surface area contributed by atoms with Crippen LogP contribution in [-0.4, -0.2) is 0 Å². The van der Waals surface area contributed by atoms with Gasteiger partial charge in [0, 0.05) is 0 Å². The molecule has 4 bridgehead atoms. The molecule has 112 valence electrons. The van der Waals surface area contributed by atoms with Crippen molar-refractivity contribution in [2.75, 3.05) is 0 Å². The van der Waals surface area contributed by atoms with E-state index in [1.54, 1.807) is 12.0 Å². The molecule has 0 nitrogen and oxygen atoms in total. The van der Waals surface area contributed by atoms with E-state index in [1.807, 2.05) is 0 Å². The van der Waals surface area contributed by atoms with Crippen LogP contribution < -0.4 is 0 Å². The van der Waals surface area contributed by atoms with Crippen LogP contribution in [0, 0.1) is 34.5 Å². The summed E-state index contributed by atoms with van der Waals surface area (Å²) in [6, 6.07) is 0. The minimum atomic E-state index is 0.586. The molecule has 20 heavy (non-hydrogen) atoms. The van der Waals surface area contributed by atoms with E-state index in [1.165, 1.54) is 57.8 Å². The number of hydrogen-bond donors (Lipinski definition) is 0. The first-order valence-electron chi connectivity index (χ1n) is 9.20. The van der Waals surface area contributed by atoms with E-state index in [0.717, 1.165) is 29.1 Å². The molecule has 0 N–H and O–H groups in total. The van der Waals surface area contributed by atoms with Crippen LogP contribution in [0.15, 0.2) is 12.2 Å². The Kier molecular flexibility index (Phi) is 2.93. The van der Waals surface area contributed by atoms with E-state index >= 15 is 0 Å². The number of fused-ring (bicyclic) bond motifs is 4. The van der Waals surface area contributed by atoms with Crippen molar-refractivity contribution in [1.82, 2.24) is 0 Å². The van der Waals surface area contributed by atoms with Gasteiger partial charge in [0.1, 0.15) is 0 Å². The van der Waals surface area contributed by atoms with Gasteiger partial charge < -0.3 is 0 Å². The van der Waals surface area contributed by atoms with E-state index in [-0.39, 0.29) is 0 Å². The van der Waals surface area contributed by atoms with E-state index in [2.05, 4.69) is 20.4 Å². The molecule has 4 aliphatic carbocycles. The molecule has 0 aromatic rings. The Bertz CT molecular complexity index is 414. The standard InChI is InChI=1S/C20H32/c1-14-10-19(8-5-17(14)12-19)7-4-16(3)20-9-6-18(13-20)15(2)11-20/h14-15,17-18H,3-13H2,1-2H3. The summed E-state index contributed by atoms with van der Waals surface area (Å²) in [4.78, 5) is 0. The van der Waals surface area contributed by atoms with E-state index in [0.29, 0.717) is 5.41 Å². The minimum absolute atomic E-state index is 0.586. The number of hydrogen-bond acceptors (Lipinski definition) is 0. The van der Waals surface area contributed by atoms with Crippen molar-refractivity contribution in [3.05, 3.63) is 12.2 Å². The van der Waals surface area contributed by atoms with Gasteiger partial charge in [0.25, 0.3) is 0 Å². The fourth-order valence-corrected chi connectivity index (χ4v) is 6.87. The maximum Gasteiger partial charge on any atom is -0.00853 e. The van der Waals surface area contributed by atoms with Crippen molar-refractivity contribution in [3.63, 3.8) is 0 Å². The van der Waals surface area contributed by atoms with Crippen LogP contribution in [0.2, 0.25) is 0 Å². The molecule has 0 amide bonds. The summed E-state index contributed by atoms with van der Waals surface area (Å²) in [5.74, 6) is 4.09. The van der Waals surface area contributed by atoms with Gasteiger partial charge in [0.15, 0.2) is 0 Å². The van der Waals surface area contributed by atoms with Crippen molar-refractivity contribution in [2.24, 2.45) is 34.5 Å². The third kappa shape index (κ3) is 1.86. The summed E-state index contributed by atoms with van der Waals surface area (Å²) in [6.07, 6.45) is 14.8. The molecule has 0 heterocycles. The predicted octanol–water partition coefficient (Wildman–Crippen LogP) is 5.98. The summed E-state index contributed by atoms with van der Waals surface area (Å²) >= 11 is 0. The smallest absolute Gasteiger partial charge is 0.00853 e. The Morgan fingerprint density at radius 2 is 1.65 bits per heavy atom. The quantitative estimate of drug-likeness (QED) is 0.553. The molecular weight excluding hydrogens is 240 g/mol. The minimum Gasteiger partial charge on any atom is -0.0993 e. The Labute approximate surface area is 125 Å². The van der Waals surface area contributed by atoms with E-state index in [4.69, 9.17) is 0 Å². The largest absolute Gasteiger partial charge is 0.0993 e. The summed E-state index contributed by atoms with van der Waals surface area (Å²) in [6.45, 7) is 9.58. The summed E-state index contributed by atoms with van der Waals surface area (Å²) in [5.41, 5.74) is 2.98. The maximum absolute atomic E-state index is 4.60. The number of allylic oxidation sites excluding steroid dienone is 1. The van der Waals surface area contributed by atoms with Gasteiger partial charge in [-0.2, -0.15) is 0 Å². The molecule has 4 fully saturated rings. The monoisotopic (exact) mass is 272 g/mol. The first-order chi connectivity index (χ1) is 9.52. The highest BCUT2D eigenvalue weighted by Crippen LogP contribution is 2.63. The van der Waals surface area contributed by atoms with E-state index < -0.39 is 0 Å². The van der Waals surface area contributed by atoms with Crippen molar-refractivity contribution in [2.45, 2.75) is 78.1 Å². The van der Waals surface area contributed by atoms with Crippen LogP contribution in [0.3, 0.4) is 0 Å². The predicted molar refractivity (Wildman–Crippen MR) is 85.5 cm³/mol. The molecule has 4 saturated carbocycles. The molecule has 0 heteroatoms. The second kappa shape index (κ2) is 4.37. The zero-order chi connectivity index (χ0) is 14.0. The van der Waals surface area contributed by atoms with Gasteiger partial charge in [-0.1, -0.05) is 26.0 Å². The topological polar surface area (TPSA) is 0 Å². The van der Waals surface area contributed by atoms with E-state index in [9.17, 15) is 0 Å². The second-order valence-corrected chi connectivity index (χ2v) is 9.25. The normalized spacial score (nSPS) is 52.9. The molecule has 0 saturated heterocycles. The lowest BCUT2D eigenvalue weighted by Gasteiger charge is -2.34. The maximum atomic E-state index is 4.60. The Balaban J connectivity index is 1.40. The fraction of sp³-hybridized carbons (Fsp3) is 0.900. The summed E-state index contributed by atoms with van der Waals surface area (Å²) in [7, 11) is 0. The van der Waals surface area contributed by atoms with Gasteiger partial charge in [0.2, 0.25) is 0 Å². The van der Waals surface area contributed by atoms with Crippen LogP contribution in [0.25, 0.3) is 0 Å². The van der Waals surface area contributed by atoms with Gasteiger partial charge in [-0.15, -0.1) is 0 Å². The van der Waals surface area contributed by atoms with Crippen molar-refractivity contribution in [3.8, 4) is 0 Å².